The molecule has 0 aromatic heterocycles. The lowest BCUT2D eigenvalue weighted by atomic mass is 9.95. The fourth-order valence-corrected chi connectivity index (χ4v) is 3.64. The highest BCUT2D eigenvalue weighted by Gasteiger charge is 2.36. The summed E-state index contributed by atoms with van der Waals surface area (Å²) < 4.78 is 36.6. The van der Waals surface area contributed by atoms with Gasteiger partial charge in [-0.3, -0.25) is 14.4 Å². The molecule has 6 nitrogen and oxygen atoms in total. The minimum Gasteiger partial charge on any atom is -0.343 e. The van der Waals surface area contributed by atoms with Gasteiger partial charge in [-0.1, -0.05) is 12.1 Å². The van der Waals surface area contributed by atoms with E-state index >= 15 is 0 Å². The SMILES string of the molecule is CN(Cc1ccc(C(=O)NCC(F)(F)F)cc1)C(=O)C1CCN(C(=O)C2CC2)CC1. The molecule has 3 rings (SSSR count). The first-order chi connectivity index (χ1) is 14.1. The molecule has 0 spiro atoms. The third kappa shape index (κ3) is 5.96. The van der Waals surface area contributed by atoms with E-state index in [2.05, 4.69) is 0 Å². The van der Waals surface area contributed by atoms with Gasteiger partial charge in [0.05, 0.1) is 0 Å². The Morgan fingerprint density at radius 1 is 1.03 bits per heavy atom. The highest BCUT2D eigenvalue weighted by atomic mass is 19.4. The number of halogens is 3. The van der Waals surface area contributed by atoms with E-state index in [-0.39, 0.29) is 29.2 Å². The van der Waals surface area contributed by atoms with E-state index in [1.165, 1.54) is 12.1 Å². The summed E-state index contributed by atoms with van der Waals surface area (Å²) in [5.74, 6) is -0.492. The van der Waals surface area contributed by atoms with Gasteiger partial charge in [0.25, 0.3) is 5.91 Å². The summed E-state index contributed by atoms with van der Waals surface area (Å²) in [5.41, 5.74) is 0.907. The first-order valence-electron chi connectivity index (χ1n) is 10.1. The predicted octanol–water partition coefficient (Wildman–Crippen LogP) is 2.59. The summed E-state index contributed by atoms with van der Waals surface area (Å²) in [5, 5.41) is 1.83. The van der Waals surface area contributed by atoms with Crippen LogP contribution in [0.25, 0.3) is 0 Å². The van der Waals surface area contributed by atoms with Crippen molar-refractivity contribution in [1.82, 2.24) is 15.1 Å². The molecule has 2 fully saturated rings. The number of nitrogens with zero attached hydrogens (tertiary/aromatic N) is 2. The molecule has 1 aromatic rings. The van der Waals surface area contributed by atoms with E-state index in [9.17, 15) is 27.6 Å². The van der Waals surface area contributed by atoms with Crippen molar-refractivity contribution < 1.29 is 27.6 Å². The van der Waals surface area contributed by atoms with E-state index in [1.54, 1.807) is 24.1 Å². The van der Waals surface area contributed by atoms with Crippen molar-refractivity contribution in [3.63, 3.8) is 0 Å². The molecule has 30 heavy (non-hydrogen) atoms. The monoisotopic (exact) mass is 425 g/mol. The molecule has 1 heterocycles. The van der Waals surface area contributed by atoms with Crippen molar-refractivity contribution in [3.8, 4) is 0 Å². The maximum Gasteiger partial charge on any atom is 0.405 e. The Balaban J connectivity index is 1.47. The van der Waals surface area contributed by atoms with Crippen LogP contribution in [0.4, 0.5) is 13.2 Å². The quantitative estimate of drug-likeness (QED) is 0.762. The summed E-state index contributed by atoms with van der Waals surface area (Å²) >= 11 is 0. The molecule has 1 N–H and O–H groups in total. The Morgan fingerprint density at radius 2 is 1.63 bits per heavy atom. The maximum absolute atomic E-state index is 12.7. The Bertz CT molecular complexity index is 783. The Kier molecular flexibility index (Phi) is 6.67. The van der Waals surface area contributed by atoms with Gasteiger partial charge in [-0.25, -0.2) is 0 Å². The average Bonchev–Trinajstić information content (AvgIpc) is 3.56. The van der Waals surface area contributed by atoms with E-state index in [1.807, 2.05) is 10.2 Å². The minimum atomic E-state index is -4.46. The van der Waals surface area contributed by atoms with Crippen LogP contribution in [0.2, 0.25) is 0 Å². The molecule has 3 amide bonds. The molecule has 1 aliphatic heterocycles. The lowest BCUT2D eigenvalue weighted by Gasteiger charge is -2.33. The second-order valence-electron chi connectivity index (χ2n) is 8.06. The lowest BCUT2D eigenvalue weighted by molar-refractivity contribution is -0.140. The largest absolute Gasteiger partial charge is 0.405 e. The molecule has 0 unspecified atom stereocenters. The van der Waals surface area contributed by atoms with Crippen molar-refractivity contribution in [2.75, 3.05) is 26.7 Å². The molecule has 1 aliphatic carbocycles. The first-order valence-corrected chi connectivity index (χ1v) is 10.1. The van der Waals surface area contributed by atoms with E-state index in [4.69, 9.17) is 0 Å². The number of likely N-dealkylation sites (tertiary alicyclic amines) is 1. The van der Waals surface area contributed by atoms with E-state index in [0.717, 1.165) is 18.4 Å². The van der Waals surface area contributed by atoms with Gasteiger partial charge >= 0.3 is 6.18 Å². The van der Waals surface area contributed by atoms with Gasteiger partial charge in [-0.2, -0.15) is 13.2 Å². The summed E-state index contributed by atoms with van der Waals surface area (Å²) in [4.78, 5) is 40.1. The number of benzene rings is 1. The molecular formula is C21H26F3N3O3. The van der Waals surface area contributed by atoms with Crippen LogP contribution in [-0.4, -0.2) is 60.4 Å². The van der Waals surface area contributed by atoms with E-state index in [0.29, 0.717) is 32.5 Å². The third-order valence-electron chi connectivity index (χ3n) is 5.54. The molecule has 2 aliphatic rings. The van der Waals surface area contributed by atoms with Gasteiger partial charge in [0.15, 0.2) is 0 Å². The van der Waals surface area contributed by atoms with Crippen LogP contribution in [0.1, 0.15) is 41.6 Å². The number of hydrogen-bond donors (Lipinski definition) is 1. The standard InChI is InChI=1S/C21H26F3N3O3/c1-26(19(29)17-8-10-27(11-9-17)20(30)16-6-7-16)12-14-2-4-15(5-3-14)18(28)25-13-21(22,23)24/h2-5,16-17H,6-13H2,1H3,(H,25,28). The highest BCUT2D eigenvalue weighted by molar-refractivity contribution is 5.94. The van der Waals surface area contributed by atoms with Crippen LogP contribution >= 0.6 is 0 Å². The molecule has 1 saturated carbocycles. The number of piperidine rings is 1. The van der Waals surface area contributed by atoms with Gasteiger partial charge in [-0.15, -0.1) is 0 Å². The van der Waals surface area contributed by atoms with Crippen LogP contribution in [-0.2, 0) is 16.1 Å². The molecule has 0 bridgehead atoms. The number of carbonyl (C=O) groups excluding carboxylic acids is 3. The summed E-state index contributed by atoms with van der Waals surface area (Å²) in [6, 6.07) is 6.15. The van der Waals surface area contributed by atoms with Crippen LogP contribution < -0.4 is 5.32 Å². The van der Waals surface area contributed by atoms with Crippen molar-refractivity contribution in [2.45, 2.75) is 38.4 Å². The number of amides is 3. The average molecular weight is 425 g/mol. The number of carbonyl (C=O) groups is 3. The first kappa shape index (κ1) is 22.1. The van der Waals surface area contributed by atoms with Gasteiger partial charge < -0.3 is 15.1 Å². The molecule has 164 valence electrons. The van der Waals surface area contributed by atoms with Gasteiger partial charge in [-0.05, 0) is 43.4 Å². The van der Waals surface area contributed by atoms with Crippen molar-refractivity contribution >= 4 is 17.7 Å². The third-order valence-corrected chi connectivity index (χ3v) is 5.54. The van der Waals surface area contributed by atoms with E-state index < -0.39 is 18.6 Å². The molecule has 9 heteroatoms. The van der Waals surface area contributed by atoms with Crippen LogP contribution in [0.15, 0.2) is 24.3 Å². The second kappa shape index (κ2) is 9.06. The maximum atomic E-state index is 12.7. The highest BCUT2D eigenvalue weighted by Crippen LogP contribution is 2.32. The molecule has 1 saturated heterocycles. The fraction of sp³-hybridized carbons (Fsp3) is 0.571. The van der Waals surface area contributed by atoms with Crippen molar-refractivity contribution in [1.29, 1.82) is 0 Å². The lowest BCUT2D eigenvalue weighted by Crippen LogP contribution is -2.43. The number of hydrogen-bond acceptors (Lipinski definition) is 3. The Morgan fingerprint density at radius 3 is 2.17 bits per heavy atom. The zero-order valence-electron chi connectivity index (χ0n) is 16.9. The second-order valence-corrected chi connectivity index (χ2v) is 8.06. The summed E-state index contributed by atoms with van der Waals surface area (Å²) in [6.07, 6.45) is -1.20. The zero-order chi connectivity index (χ0) is 21.9. The van der Waals surface area contributed by atoms with Crippen LogP contribution in [0.5, 0.6) is 0 Å². The zero-order valence-corrected chi connectivity index (χ0v) is 16.9. The summed E-state index contributed by atoms with van der Waals surface area (Å²) in [7, 11) is 1.70. The Hall–Kier alpha value is -2.58. The normalized spacial score (nSPS) is 17.5. The summed E-state index contributed by atoms with van der Waals surface area (Å²) in [6.45, 7) is 0.184. The fourth-order valence-electron chi connectivity index (χ4n) is 3.64. The number of nitrogens with one attached hydrogen (secondary N) is 1. The van der Waals surface area contributed by atoms with Crippen molar-refractivity contribution in [3.05, 3.63) is 35.4 Å². The minimum absolute atomic E-state index is 0.0144. The molecule has 1 aromatic carbocycles. The number of rotatable bonds is 6. The van der Waals surface area contributed by atoms with Gasteiger partial charge in [0, 0.05) is 44.1 Å². The van der Waals surface area contributed by atoms with Gasteiger partial charge in [0.2, 0.25) is 11.8 Å². The molecular weight excluding hydrogens is 399 g/mol. The number of alkyl halides is 3. The smallest absolute Gasteiger partial charge is 0.343 e. The van der Waals surface area contributed by atoms with Gasteiger partial charge in [0.1, 0.15) is 6.54 Å². The van der Waals surface area contributed by atoms with Crippen LogP contribution in [0.3, 0.4) is 0 Å². The topological polar surface area (TPSA) is 69.7 Å². The van der Waals surface area contributed by atoms with Crippen LogP contribution in [0, 0.1) is 11.8 Å². The predicted molar refractivity (Wildman–Crippen MR) is 103 cm³/mol. The Labute approximate surface area is 173 Å². The van der Waals surface area contributed by atoms with Crippen molar-refractivity contribution in [2.24, 2.45) is 11.8 Å². The molecule has 0 atom stereocenters. The molecule has 0 radical (unpaired) electrons.